The van der Waals surface area contributed by atoms with Crippen LogP contribution in [-0.2, 0) is 11.3 Å². The van der Waals surface area contributed by atoms with Crippen molar-refractivity contribution in [3.05, 3.63) is 40.4 Å². The van der Waals surface area contributed by atoms with Crippen molar-refractivity contribution in [2.24, 2.45) is 11.5 Å². The van der Waals surface area contributed by atoms with Gasteiger partial charge in [0, 0.05) is 50.5 Å². The first kappa shape index (κ1) is 27.5. The molecule has 206 valence electrons. The Balaban J connectivity index is 1.38. The number of ether oxygens (including phenoxy) is 1. The first-order chi connectivity index (χ1) is 18.0. The average molecular weight is 528 g/mol. The smallest absolute Gasteiger partial charge is 0.355 e. The average Bonchev–Trinajstić information content (AvgIpc) is 2.89. The van der Waals surface area contributed by atoms with Crippen LogP contribution in [0.2, 0.25) is 0 Å². The molecule has 0 bridgehead atoms. The van der Waals surface area contributed by atoms with Crippen LogP contribution >= 0.6 is 0 Å². The van der Waals surface area contributed by atoms with Crippen molar-refractivity contribution < 1.29 is 14.3 Å². The Bertz CT molecular complexity index is 1210. The van der Waals surface area contributed by atoms with Crippen LogP contribution in [0.5, 0.6) is 5.88 Å². The van der Waals surface area contributed by atoms with Crippen LogP contribution in [0.15, 0.2) is 29.2 Å². The molecule has 13 heteroatoms. The van der Waals surface area contributed by atoms with E-state index in [-0.39, 0.29) is 17.8 Å². The van der Waals surface area contributed by atoms with Crippen LogP contribution in [0, 0.1) is 0 Å². The lowest BCUT2D eigenvalue weighted by molar-refractivity contribution is -0.137. The Morgan fingerprint density at radius 2 is 1.71 bits per heavy atom. The van der Waals surface area contributed by atoms with Gasteiger partial charge < -0.3 is 26.0 Å². The summed E-state index contributed by atoms with van der Waals surface area (Å²) in [5.74, 6) is 0.782. The number of rotatable bonds is 6. The van der Waals surface area contributed by atoms with Crippen LogP contribution in [0.4, 0.5) is 10.6 Å². The second-order valence-electron chi connectivity index (χ2n) is 10.3. The molecule has 2 fully saturated rings. The van der Waals surface area contributed by atoms with E-state index in [4.69, 9.17) is 16.2 Å². The lowest BCUT2D eigenvalue weighted by Crippen LogP contribution is -2.58. The van der Waals surface area contributed by atoms with Crippen molar-refractivity contribution in [2.45, 2.75) is 44.8 Å². The Morgan fingerprint density at radius 1 is 1.05 bits per heavy atom. The van der Waals surface area contributed by atoms with E-state index in [9.17, 15) is 14.4 Å². The summed E-state index contributed by atoms with van der Waals surface area (Å²) in [7, 11) is 1.55. The summed E-state index contributed by atoms with van der Waals surface area (Å²) >= 11 is 0. The molecular weight excluding hydrogens is 490 g/mol. The van der Waals surface area contributed by atoms with Crippen LogP contribution in [-0.4, -0.2) is 99.1 Å². The van der Waals surface area contributed by atoms with Gasteiger partial charge in [-0.3, -0.25) is 19.6 Å². The van der Waals surface area contributed by atoms with Gasteiger partial charge in [-0.15, -0.1) is 0 Å². The highest BCUT2D eigenvalue weighted by atomic mass is 16.5. The van der Waals surface area contributed by atoms with Crippen LogP contribution in [0.1, 0.15) is 32.3 Å². The summed E-state index contributed by atoms with van der Waals surface area (Å²) in [4.78, 5) is 51.9. The number of methoxy groups -OCH3 is 1. The van der Waals surface area contributed by atoms with Gasteiger partial charge in [0.05, 0.1) is 12.6 Å². The molecule has 0 atom stereocenters. The van der Waals surface area contributed by atoms with E-state index in [1.54, 1.807) is 36.8 Å². The molecule has 0 aromatic carbocycles. The first-order valence-corrected chi connectivity index (χ1v) is 12.8. The lowest BCUT2D eigenvalue weighted by atomic mass is 10.1. The summed E-state index contributed by atoms with van der Waals surface area (Å²) in [5, 5.41) is 2.66. The zero-order chi connectivity index (χ0) is 27.4. The van der Waals surface area contributed by atoms with Crippen molar-refractivity contribution in [3.8, 4) is 11.7 Å². The fourth-order valence-corrected chi connectivity index (χ4v) is 4.60. The Morgan fingerprint density at radius 3 is 2.32 bits per heavy atom. The zero-order valence-corrected chi connectivity index (χ0v) is 22.2. The maximum Gasteiger partial charge on any atom is 0.355 e. The van der Waals surface area contributed by atoms with Crippen LogP contribution < -0.4 is 27.2 Å². The quantitative estimate of drug-likeness (QED) is 0.468. The van der Waals surface area contributed by atoms with Gasteiger partial charge in [-0.05, 0) is 58.0 Å². The topological polar surface area (TPSA) is 165 Å². The summed E-state index contributed by atoms with van der Waals surface area (Å²) in [6, 6.07) is 5.05. The number of likely N-dealkylation sites (tertiary alicyclic amines) is 1. The summed E-state index contributed by atoms with van der Waals surface area (Å²) in [5.41, 5.74) is 11.3. The van der Waals surface area contributed by atoms with Crippen molar-refractivity contribution >= 4 is 17.8 Å². The predicted octanol–water partition coefficient (Wildman–Crippen LogP) is -0.0274. The number of nitrogens with two attached hydrogens (primary N) is 2. The number of pyridine rings is 1. The van der Waals surface area contributed by atoms with Gasteiger partial charge in [-0.25, -0.2) is 9.59 Å². The molecule has 0 unspecified atom stereocenters. The van der Waals surface area contributed by atoms with Gasteiger partial charge in [0.25, 0.3) is 0 Å². The van der Waals surface area contributed by atoms with E-state index in [2.05, 4.69) is 20.2 Å². The molecule has 38 heavy (non-hydrogen) atoms. The molecule has 4 heterocycles. The first-order valence-electron chi connectivity index (χ1n) is 12.8. The summed E-state index contributed by atoms with van der Waals surface area (Å²) < 4.78 is 6.79. The van der Waals surface area contributed by atoms with E-state index in [1.807, 2.05) is 6.07 Å². The van der Waals surface area contributed by atoms with Crippen molar-refractivity contribution in [1.82, 2.24) is 29.2 Å². The minimum atomic E-state index is -0.959. The number of hydrogen-bond acceptors (Lipinski definition) is 9. The maximum absolute atomic E-state index is 12.8. The van der Waals surface area contributed by atoms with Gasteiger partial charge in [-0.1, -0.05) is 0 Å². The van der Waals surface area contributed by atoms with E-state index in [0.29, 0.717) is 44.4 Å². The molecule has 0 spiro atoms. The second kappa shape index (κ2) is 11.5. The van der Waals surface area contributed by atoms with Crippen LogP contribution in [0.25, 0.3) is 5.82 Å². The molecule has 5 N–H and O–H groups in total. The molecule has 3 amide bonds. The molecule has 4 rings (SSSR count). The number of piperazine rings is 1. The number of nitrogens with one attached hydrogen (secondary N) is 1. The van der Waals surface area contributed by atoms with E-state index in [1.165, 1.54) is 16.8 Å². The fourth-order valence-electron chi connectivity index (χ4n) is 4.60. The number of carbonyl (C=O) groups is 2. The third-order valence-electron chi connectivity index (χ3n) is 6.83. The largest absolute Gasteiger partial charge is 0.481 e. The highest BCUT2D eigenvalue weighted by Crippen LogP contribution is 2.21. The number of urea groups is 1. The number of amides is 3. The van der Waals surface area contributed by atoms with Crippen molar-refractivity contribution in [1.29, 1.82) is 0 Å². The highest BCUT2D eigenvalue weighted by molar-refractivity contribution is 5.89. The molecule has 2 aliphatic heterocycles. The molecular formula is C25H37N9O4. The van der Waals surface area contributed by atoms with E-state index >= 15 is 0 Å². The number of anilines is 1. The highest BCUT2D eigenvalue weighted by Gasteiger charge is 2.31. The van der Waals surface area contributed by atoms with Gasteiger partial charge in [0.2, 0.25) is 11.8 Å². The molecule has 0 saturated carbocycles. The van der Waals surface area contributed by atoms with Crippen molar-refractivity contribution in [3.63, 3.8) is 0 Å². The lowest BCUT2D eigenvalue weighted by Gasteiger charge is -2.37. The SMILES string of the molecule is COc1nc(-n2ccc(NC(=O)N3CCN(C(=O)C(C)(C)N)CC3)nc2=O)ccc1CN1CCC(N)CC1. The fraction of sp³-hybridized carbons (Fsp3) is 0.560. The van der Waals surface area contributed by atoms with Gasteiger partial charge in [0.1, 0.15) is 11.6 Å². The minimum absolute atomic E-state index is 0.129. The van der Waals surface area contributed by atoms with Gasteiger partial charge in [-0.2, -0.15) is 9.97 Å². The normalized spacial score (nSPS) is 17.4. The zero-order valence-electron chi connectivity index (χ0n) is 22.2. The van der Waals surface area contributed by atoms with Gasteiger partial charge >= 0.3 is 11.7 Å². The third-order valence-corrected chi connectivity index (χ3v) is 6.83. The summed E-state index contributed by atoms with van der Waals surface area (Å²) in [6.45, 7) is 7.32. The summed E-state index contributed by atoms with van der Waals surface area (Å²) in [6.07, 6.45) is 3.43. The number of carbonyl (C=O) groups excluding carboxylic acids is 2. The Kier molecular flexibility index (Phi) is 8.29. The minimum Gasteiger partial charge on any atom is -0.481 e. The molecule has 0 radical (unpaired) electrons. The van der Waals surface area contributed by atoms with E-state index < -0.39 is 17.3 Å². The second-order valence-corrected chi connectivity index (χ2v) is 10.3. The molecule has 2 aromatic rings. The Labute approximate surface area is 221 Å². The number of hydrogen-bond donors (Lipinski definition) is 3. The van der Waals surface area contributed by atoms with E-state index in [0.717, 1.165) is 31.5 Å². The number of piperidine rings is 1. The third kappa shape index (κ3) is 6.47. The van der Waals surface area contributed by atoms with Crippen LogP contribution in [0.3, 0.4) is 0 Å². The molecule has 2 aliphatic rings. The number of nitrogens with zero attached hydrogens (tertiary/aromatic N) is 6. The number of aromatic nitrogens is 3. The predicted molar refractivity (Wildman–Crippen MR) is 142 cm³/mol. The van der Waals surface area contributed by atoms with Gasteiger partial charge in [0.15, 0.2) is 0 Å². The standard InChI is InChI=1S/C25H37N9O4/c1-25(2,27)22(35)32-12-14-33(15-13-32)23(36)28-19-8-11-34(24(37)29-19)20-5-4-17(21(30-20)38-3)16-31-9-6-18(26)7-10-31/h4-5,8,11,18H,6-7,9-10,12-16,26-27H2,1-3H3,(H,28,29,36,37). The molecule has 2 saturated heterocycles. The molecule has 13 nitrogen and oxygen atoms in total. The Hall–Kier alpha value is -3.55. The monoisotopic (exact) mass is 527 g/mol. The maximum atomic E-state index is 12.8. The molecule has 0 aliphatic carbocycles. The van der Waals surface area contributed by atoms with Crippen molar-refractivity contribution in [2.75, 3.05) is 51.7 Å². The molecule has 2 aromatic heterocycles.